The maximum absolute atomic E-state index is 12.6. The number of amides is 2. The first-order valence-electron chi connectivity index (χ1n) is 8.18. The van der Waals surface area contributed by atoms with Gasteiger partial charge in [-0.15, -0.1) is 11.3 Å². The second-order valence-corrected chi connectivity index (χ2v) is 8.19. The van der Waals surface area contributed by atoms with Gasteiger partial charge in [0.2, 0.25) is 11.8 Å². The lowest BCUT2D eigenvalue weighted by Gasteiger charge is -2.15. The number of nitrogens with one attached hydrogen (secondary N) is 1. The molecule has 0 saturated carbocycles. The molecule has 0 spiro atoms. The average molecular weight is 387 g/mol. The van der Waals surface area contributed by atoms with E-state index in [9.17, 15) is 9.59 Å². The Morgan fingerprint density at radius 1 is 1.46 bits per heavy atom. The van der Waals surface area contributed by atoms with Gasteiger partial charge in [0.15, 0.2) is 4.34 Å². The molecule has 2 amide bonds. The number of nitrogens with zero attached hydrogens (tertiary/aromatic N) is 2. The minimum Gasteiger partial charge on any atom is -0.467 e. The van der Waals surface area contributed by atoms with Crippen molar-refractivity contribution >= 4 is 50.8 Å². The summed E-state index contributed by atoms with van der Waals surface area (Å²) in [6.07, 6.45) is 3.80. The molecule has 1 saturated heterocycles. The first-order valence-corrected chi connectivity index (χ1v) is 10.2. The highest BCUT2D eigenvalue weighted by molar-refractivity contribution is 8.00. The zero-order chi connectivity index (χ0) is 18.1. The molecule has 8 heteroatoms. The van der Waals surface area contributed by atoms with Gasteiger partial charge in [-0.05, 0) is 36.6 Å². The van der Waals surface area contributed by atoms with E-state index in [0.717, 1.165) is 26.0 Å². The van der Waals surface area contributed by atoms with E-state index in [0.29, 0.717) is 13.1 Å². The molecule has 1 aromatic carbocycles. The summed E-state index contributed by atoms with van der Waals surface area (Å²) < 4.78 is 7.32. The normalized spacial score (nSPS) is 17.2. The molecule has 26 heavy (non-hydrogen) atoms. The topological polar surface area (TPSA) is 75.4 Å². The van der Waals surface area contributed by atoms with Gasteiger partial charge < -0.3 is 14.6 Å². The van der Waals surface area contributed by atoms with E-state index < -0.39 is 0 Å². The van der Waals surface area contributed by atoms with Crippen LogP contribution >= 0.6 is 23.1 Å². The molecular formula is C18H17N3O3S2. The molecule has 1 aliphatic rings. The molecular weight excluding hydrogens is 370 g/mol. The van der Waals surface area contributed by atoms with Gasteiger partial charge in [-0.2, -0.15) is 0 Å². The summed E-state index contributed by atoms with van der Waals surface area (Å²) in [5.41, 5.74) is 1.66. The number of thiazole rings is 1. The van der Waals surface area contributed by atoms with Crippen LogP contribution in [-0.2, 0) is 16.1 Å². The van der Waals surface area contributed by atoms with Crippen molar-refractivity contribution in [3.63, 3.8) is 0 Å². The van der Waals surface area contributed by atoms with Gasteiger partial charge in [0.1, 0.15) is 5.76 Å². The molecule has 0 unspecified atom stereocenters. The Labute approximate surface area is 158 Å². The van der Waals surface area contributed by atoms with Crippen LogP contribution in [0.2, 0.25) is 0 Å². The third-order valence-electron chi connectivity index (χ3n) is 4.32. The van der Waals surface area contributed by atoms with E-state index >= 15 is 0 Å². The third-order valence-corrected chi connectivity index (χ3v) is 6.33. The number of aromatic nitrogens is 1. The Morgan fingerprint density at radius 3 is 3.12 bits per heavy atom. The first kappa shape index (κ1) is 17.1. The van der Waals surface area contributed by atoms with E-state index in [1.807, 2.05) is 30.5 Å². The van der Waals surface area contributed by atoms with Crippen LogP contribution in [0.1, 0.15) is 12.2 Å². The van der Waals surface area contributed by atoms with Crippen LogP contribution in [-0.4, -0.2) is 34.5 Å². The quantitative estimate of drug-likeness (QED) is 0.677. The number of fused-ring (bicyclic) bond motifs is 1. The molecule has 3 aromatic rings. The number of thioether (sulfide) groups is 1. The zero-order valence-corrected chi connectivity index (χ0v) is 15.7. The molecule has 1 atom stereocenters. The zero-order valence-electron chi connectivity index (χ0n) is 14.1. The number of hydrogen-bond acceptors (Lipinski definition) is 6. The number of furan rings is 1. The monoisotopic (exact) mass is 387 g/mol. The average Bonchev–Trinajstić information content (AvgIpc) is 3.35. The maximum Gasteiger partial charge on any atom is 0.229 e. The fourth-order valence-electron chi connectivity index (χ4n) is 3.00. The Balaban J connectivity index is 1.42. The largest absolute Gasteiger partial charge is 0.467 e. The third kappa shape index (κ3) is 3.47. The van der Waals surface area contributed by atoms with E-state index in [1.54, 1.807) is 40.3 Å². The molecule has 3 heterocycles. The summed E-state index contributed by atoms with van der Waals surface area (Å²) >= 11 is 3.21. The molecule has 0 radical (unpaired) electrons. The highest BCUT2D eigenvalue weighted by atomic mass is 32.2. The Kier molecular flexibility index (Phi) is 4.69. The van der Waals surface area contributed by atoms with Crippen molar-refractivity contribution < 1.29 is 14.0 Å². The van der Waals surface area contributed by atoms with Gasteiger partial charge in [0.05, 0.1) is 28.9 Å². The number of hydrogen-bond donors (Lipinski definition) is 1. The lowest BCUT2D eigenvalue weighted by atomic mass is 10.1. The highest BCUT2D eigenvalue weighted by Gasteiger charge is 2.34. The van der Waals surface area contributed by atoms with E-state index in [1.165, 1.54) is 0 Å². The van der Waals surface area contributed by atoms with E-state index in [-0.39, 0.29) is 24.2 Å². The van der Waals surface area contributed by atoms with Crippen molar-refractivity contribution in [2.75, 3.05) is 18.1 Å². The number of anilines is 1. The molecule has 0 bridgehead atoms. The fraction of sp³-hybridized carbons (Fsp3) is 0.278. The molecule has 1 N–H and O–H groups in total. The maximum atomic E-state index is 12.6. The second-order valence-electron chi connectivity index (χ2n) is 6.11. The van der Waals surface area contributed by atoms with Crippen LogP contribution in [0.5, 0.6) is 0 Å². The van der Waals surface area contributed by atoms with Crippen LogP contribution < -0.4 is 5.32 Å². The second kappa shape index (κ2) is 7.13. The minimum absolute atomic E-state index is 0.0240. The Bertz CT molecular complexity index is 952. The predicted octanol–water partition coefficient (Wildman–Crippen LogP) is 3.60. The first-order chi connectivity index (χ1) is 12.6. The van der Waals surface area contributed by atoms with Gasteiger partial charge in [0.25, 0.3) is 0 Å². The van der Waals surface area contributed by atoms with Gasteiger partial charge in [-0.3, -0.25) is 9.59 Å². The Morgan fingerprint density at radius 2 is 2.35 bits per heavy atom. The van der Waals surface area contributed by atoms with Crippen LogP contribution in [0.15, 0.2) is 45.4 Å². The molecule has 1 fully saturated rings. The van der Waals surface area contributed by atoms with Crippen LogP contribution in [0.25, 0.3) is 10.2 Å². The molecule has 4 rings (SSSR count). The molecule has 2 aromatic heterocycles. The van der Waals surface area contributed by atoms with Crippen LogP contribution in [0.3, 0.4) is 0 Å². The summed E-state index contributed by atoms with van der Waals surface area (Å²) in [6, 6.07) is 9.31. The van der Waals surface area contributed by atoms with Crippen molar-refractivity contribution in [3.8, 4) is 0 Å². The van der Waals surface area contributed by atoms with Gasteiger partial charge in [0, 0.05) is 18.7 Å². The van der Waals surface area contributed by atoms with Gasteiger partial charge >= 0.3 is 0 Å². The van der Waals surface area contributed by atoms with E-state index in [4.69, 9.17) is 4.42 Å². The van der Waals surface area contributed by atoms with Crippen molar-refractivity contribution in [2.45, 2.75) is 17.3 Å². The minimum atomic E-state index is -0.351. The standard InChI is InChI=1S/C18H17N3O3S2/c1-25-18-20-14-5-4-12(8-15(14)26-18)19-17(23)11-7-16(22)21(9-11)10-13-3-2-6-24-13/h2-6,8,11H,7,9-10H2,1H3,(H,19,23)/t11-/m1/s1. The lowest BCUT2D eigenvalue weighted by Crippen LogP contribution is -2.27. The number of carbonyl (C=O) groups excluding carboxylic acids is 2. The summed E-state index contributed by atoms with van der Waals surface area (Å²) in [5, 5.41) is 2.93. The predicted molar refractivity (Wildman–Crippen MR) is 102 cm³/mol. The number of likely N-dealkylation sites (tertiary alicyclic amines) is 1. The van der Waals surface area contributed by atoms with Crippen molar-refractivity contribution in [1.82, 2.24) is 9.88 Å². The summed E-state index contributed by atoms with van der Waals surface area (Å²) in [4.78, 5) is 30.9. The van der Waals surface area contributed by atoms with Crippen LogP contribution in [0.4, 0.5) is 5.69 Å². The van der Waals surface area contributed by atoms with Crippen molar-refractivity contribution in [3.05, 3.63) is 42.4 Å². The summed E-state index contributed by atoms with van der Waals surface area (Å²) in [6.45, 7) is 0.810. The SMILES string of the molecule is CSc1nc2ccc(NC(=O)[C@@H]3CC(=O)N(Cc4ccco4)C3)cc2s1. The molecule has 6 nitrogen and oxygen atoms in total. The lowest BCUT2D eigenvalue weighted by molar-refractivity contribution is -0.128. The van der Waals surface area contributed by atoms with Crippen molar-refractivity contribution in [1.29, 1.82) is 0 Å². The van der Waals surface area contributed by atoms with Gasteiger partial charge in [-0.25, -0.2) is 4.98 Å². The van der Waals surface area contributed by atoms with Gasteiger partial charge in [-0.1, -0.05) is 11.8 Å². The van der Waals surface area contributed by atoms with Crippen molar-refractivity contribution in [2.24, 2.45) is 5.92 Å². The number of benzene rings is 1. The Hall–Kier alpha value is -2.32. The summed E-state index contributed by atoms with van der Waals surface area (Å²) in [7, 11) is 0. The number of rotatable bonds is 5. The van der Waals surface area contributed by atoms with E-state index in [2.05, 4.69) is 10.3 Å². The fourth-order valence-corrected chi connectivity index (χ4v) is 4.53. The number of carbonyl (C=O) groups is 2. The molecule has 134 valence electrons. The molecule has 0 aliphatic carbocycles. The molecule has 1 aliphatic heterocycles. The highest BCUT2D eigenvalue weighted by Crippen LogP contribution is 2.30. The summed E-state index contributed by atoms with van der Waals surface area (Å²) in [5.74, 6) is 0.217. The smallest absolute Gasteiger partial charge is 0.229 e. The van der Waals surface area contributed by atoms with Crippen LogP contribution in [0, 0.1) is 5.92 Å².